The van der Waals surface area contributed by atoms with Gasteiger partial charge in [-0.2, -0.15) is 0 Å². The Balaban J connectivity index is 1.68. The van der Waals surface area contributed by atoms with E-state index in [1.165, 1.54) is 23.9 Å². The average Bonchev–Trinajstić information content (AvgIpc) is 3.12. The van der Waals surface area contributed by atoms with Crippen molar-refractivity contribution in [3.63, 3.8) is 0 Å². The first kappa shape index (κ1) is 23.1. The van der Waals surface area contributed by atoms with Gasteiger partial charge in [0, 0.05) is 18.6 Å². The smallest absolute Gasteiger partial charge is 0.243 e. The molecule has 1 N–H and O–H groups in total. The van der Waals surface area contributed by atoms with Crippen LogP contribution >= 0.6 is 11.6 Å². The van der Waals surface area contributed by atoms with Crippen molar-refractivity contribution in [1.29, 1.82) is 0 Å². The molecule has 1 aliphatic heterocycles. The molecule has 11 nitrogen and oxygen atoms in total. The molecule has 13 heteroatoms. The maximum absolute atomic E-state index is 13.4. The molecular weight excluding hydrogens is 470 g/mol. The number of pyridine rings is 1. The number of hydrogen-bond donors (Lipinski definition) is 1. The third-order valence-electron chi connectivity index (χ3n) is 4.83. The second-order valence-corrected chi connectivity index (χ2v) is 10.1. The van der Waals surface area contributed by atoms with Crippen molar-refractivity contribution < 1.29 is 17.9 Å². The van der Waals surface area contributed by atoms with Crippen LogP contribution in [0.2, 0.25) is 5.02 Å². The first-order valence-corrected chi connectivity index (χ1v) is 12.0. The molecule has 3 aromatic rings. The summed E-state index contributed by atoms with van der Waals surface area (Å²) >= 11 is 5.88. The van der Waals surface area contributed by atoms with Crippen molar-refractivity contribution in [2.24, 2.45) is 0 Å². The maximum Gasteiger partial charge on any atom is 0.243 e. The molecule has 4 rings (SSSR count). The summed E-state index contributed by atoms with van der Waals surface area (Å²) in [6.45, 7) is 9.15. The van der Waals surface area contributed by atoms with Gasteiger partial charge in [0.2, 0.25) is 21.9 Å². The summed E-state index contributed by atoms with van der Waals surface area (Å²) < 4.78 is 42.3. The van der Waals surface area contributed by atoms with Gasteiger partial charge in [0.15, 0.2) is 11.6 Å². The predicted octanol–water partition coefficient (Wildman–Crippen LogP) is 2.94. The van der Waals surface area contributed by atoms with E-state index in [-0.39, 0.29) is 24.5 Å². The summed E-state index contributed by atoms with van der Waals surface area (Å²) in [5, 5.41) is 7.44. The van der Waals surface area contributed by atoms with Gasteiger partial charge >= 0.3 is 0 Å². The van der Waals surface area contributed by atoms with E-state index in [0.717, 1.165) is 0 Å². The molecule has 0 radical (unpaired) electrons. The number of anilines is 1. The Morgan fingerprint density at radius 2 is 1.94 bits per heavy atom. The summed E-state index contributed by atoms with van der Waals surface area (Å²) in [4.78, 5) is 12.5. The molecule has 0 spiro atoms. The van der Waals surface area contributed by atoms with E-state index < -0.39 is 21.4 Å². The topological polar surface area (TPSA) is 134 Å². The molecule has 3 aromatic heterocycles. The van der Waals surface area contributed by atoms with Crippen LogP contribution < -0.4 is 9.46 Å². The van der Waals surface area contributed by atoms with Crippen LogP contribution in [0, 0.1) is 0 Å². The number of halogens is 1. The van der Waals surface area contributed by atoms with E-state index in [1.54, 1.807) is 32.2 Å². The van der Waals surface area contributed by atoms with Crippen molar-refractivity contribution in [2.45, 2.75) is 38.2 Å². The van der Waals surface area contributed by atoms with E-state index in [1.807, 2.05) is 0 Å². The first-order valence-electron chi connectivity index (χ1n) is 10.0. The summed E-state index contributed by atoms with van der Waals surface area (Å²) in [6, 6.07) is 3.48. The Labute approximate surface area is 195 Å². The number of nitrogens with one attached hydrogen (secondary N) is 1. The Morgan fingerprint density at radius 1 is 1.21 bits per heavy atom. The fraction of sp³-hybridized carbons (Fsp3) is 0.350. The monoisotopic (exact) mass is 491 g/mol. The lowest BCUT2D eigenvalue weighted by molar-refractivity contribution is 0.00154. The zero-order chi connectivity index (χ0) is 23.8. The van der Waals surface area contributed by atoms with Crippen molar-refractivity contribution in [3.05, 3.63) is 48.1 Å². The van der Waals surface area contributed by atoms with Crippen LogP contribution in [0.1, 0.15) is 32.7 Å². The summed E-state index contributed by atoms with van der Waals surface area (Å²) in [5.74, 6) is 0.895. The normalized spacial score (nSPS) is 15.2. The Hall–Kier alpha value is -3.09. The second kappa shape index (κ2) is 9.04. The van der Waals surface area contributed by atoms with Crippen LogP contribution in [-0.2, 0) is 14.8 Å². The minimum absolute atomic E-state index is 0.0255. The molecule has 33 heavy (non-hydrogen) atoms. The Morgan fingerprint density at radius 3 is 2.64 bits per heavy atom. The summed E-state index contributed by atoms with van der Waals surface area (Å²) in [7, 11) is -4.04. The molecule has 0 saturated carbocycles. The van der Waals surface area contributed by atoms with Crippen LogP contribution in [0.5, 0.6) is 5.88 Å². The van der Waals surface area contributed by atoms with Crippen LogP contribution in [-0.4, -0.2) is 56.1 Å². The molecule has 2 atom stereocenters. The zero-order valence-electron chi connectivity index (χ0n) is 18.1. The molecule has 0 aliphatic carbocycles. The number of sulfonamides is 1. The minimum atomic E-state index is -4.04. The standard InChI is InChI=1S/C20H22ClN7O4S/c1-11(2)32-16(17-23-8-14(21)9-24-17)13(4)33(29,30)27-20-26-25-18-15-6-5-7-22-19(15)31-10-12(3)28(18)20/h5-9,11,13,16H,3,10H2,1-2,4H3,(H,26,27)/t13-,16+/m0/s1. The van der Waals surface area contributed by atoms with Crippen LogP contribution in [0.25, 0.3) is 17.1 Å². The molecule has 0 amide bonds. The van der Waals surface area contributed by atoms with Gasteiger partial charge in [-0.3, -0.25) is 9.29 Å². The van der Waals surface area contributed by atoms with E-state index in [9.17, 15) is 8.42 Å². The van der Waals surface area contributed by atoms with Crippen LogP contribution in [0.15, 0.2) is 37.3 Å². The maximum atomic E-state index is 13.4. The van der Waals surface area contributed by atoms with Crippen molar-refractivity contribution in [1.82, 2.24) is 29.7 Å². The van der Waals surface area contributed by atoms with E-state index in [0.29, 0.717) is 28.0 Å². The molecule has 0 fully saturated rings. The number of hydrogen-bond acceptors (Lipinski definition) is 9. The minimum Gasteiger partial charge on any atom is -0.471 e. The summed E-state index contributed by atoms with van der Waals surface area (Å²) in [6.07, 6.45) is 3.13. The SMILES string of the molecule is C=C1COc2ncccc2-c2nnc(NS(=O)(=O)[C@@H](C)[C@@H](OC(C)C)c3ncc(Cl)cn3)n21. The van der Waals surface area contributed by atoms with Gasteiger partial charge in [-0.15, -0.1) is 10.2 Å². The van der Waals surface area contributed by atoms with Gasteiger partial charge in [0.25, 0.3) is 0 Å². The van der Waals surface area contributed by atoms with Crippen LogP contribution in [0.4, 0.5) is 5.95 Å². The Kier molecular flexibility index (Phi) is 6.32. The highest BCUT2D eigenvalue weighted by atomic mass is 35.5. The van der Waals surface area contributed by atoms with Gasteiger partial charge in [-0.05, 0) is 32.9 Å². The molecule has 0 unspecified atom stereocenters. The lowest BCUT2D eigenvalue weighted by Crippen LogP contribution is -2.35. The number of fused-ring (bicyclic) bond motifs is 3. The third-order valence-corrected chi connectivity index (χ3v) is 6.72. The number of aromatic nitrogens is 6. The Bertz CT molecular complexity index is 1280. The van der Waals surface area contributed by atoms with Gasteiger partial charge in [-0.25, -0.2) is 23.4 Å². The molecule has 0 saturated heterocycles. The average molecular weight is 492 g/mol. The molecule has 4 heterocycles. The van der Waals surface area contributed by atoms with E-state index in [2.05, 4.69) is 36.5 Å². The number of rotatable bonds is 7. The highest BCUT2D eigenvalue weighted by Crippen LogP contribution is 2.34. The lowest BCUT2D eigenvalue weighted by Gasteiger charge is -2.25. The fourth-order valence-electron chi connectivity index (χ4n) is 3.24. The fourth-order valence-corrected chi connectivity index (χ4v) is 4.42. The number of nitrogens with zero attached hydrogens (tertiary/aromatic N) is 6. The highest BCUT2D eigenvalue weighted by Gasteiger charge is 2.36. The summed E-state index contributed by atoms with van der Waals surface area (Å²) in [5.41, 5.74) is 1.01. The third kappa shape index (κ3) is 4.68. The van der Waals surface area contributed by atoms with E-state index >= 15 is 0 Å². The quantitative estimate of drug-likeness (QED) is 0.529. The molecule has 174 valence electrons. The number of ether oxygens (including phenoxy) is 2. The van der Waals surface area contributed by atoms with Crippen molar-refractivity contribution in [2.75, 3.05) is 11.3 Å². The van der Waals surface area contributed by atoms with E-state index in [4.69, 9.17) is 21.1 Å². The van der Waals surface area contributed by atoms with Crippen LogP contribution in [0.3, 0.4) is 0 Å². The van der Waals surface area contributed by atoms with Gasteiger partial charge in [-0.1, -0.05) is 18.2 Å². The van der Waals surface area contributed by atoms with Gasteiger partial charge < -0.3 is 9.47 Å². The lowest BCUT2D eigenvalue weighted by atomic mass is 10.2. The zero-order valence-corrected chi connectivity index (χ0v) is 19.7. The van der Waals surface area contributed by atoms with Gasteiger partial charge in [0.05, 0.1) is 22.4 Å². The van der Waals surface area contributed by atoms with Crippen molar-refractivity contribution >= 4 is 33.3 Å². The highest BCUT2D eigenvalue weighted by molar-refractivity contribution is 7.93. The predicted molar refractivity (Wildman–Crippen MR) is 122 cm³/mol. The molecule has 0 bridgehead atoms. The molecule has 0 aromatic carbocycles. The molecular formula is C20H22ClN7O4S. The largest absolute Gasteiger partial charge is 0.471 e. The van der Waals surface area contributed by atoms with Gasteiger partial charge in [0.1, 0.15) is 18.0 Å². The second-order valence-electron chi connectivity index (χ2n) is 7.61. The van der Waals surface area contributed by atoms with Crippen molar-refractivity contribution in [3.8, 4) is 17.3 Å². The molecule has 1 aliphatic rings. The first-order chi connectivity index (χ1) is 15.7.